The van der Waals surface area contributed by atoms with E-state index in [1.165, 1.54) is 13.2 Å². The maximum atomic E-state index is 13.3. The highest BCUT2D eigenvalue weighted by molar-refractivity contribution is 14.1. The summed E-state index contributed by atoms with van der Waals surface area (Å²) in [6.45, 7) is 3.66. The number of nitrogens with one attached hydrogen (secondary N) is 1. The van der Waals surface area contributed by atoms with E-state index in [9.17, 15) is 13.6 Å². The summed E-state index contributed by atoms with van der Waals surface area (Å²) >= 11 is 2.10. The minimum atomic E-state index is -2.63. The molecule has 0 atom stereocenters. The van der Waals surface area contributed by atoms with Crippen molar-refractivity contribution in [2.45, 2.75) is 26.9 Å². The molecule has 2 rings (SSSR count). The molecule has 1 N–H and O–H groups in total. The van der Waals surface area contributed by atoms with Gasteiger partial charge in [-0.05, 0) is 71.8 Å². The van der Waals surface area contributed by atoms with E-state index in [4.69, 9.17) is 4.74 Å². The predicted octanol–water partition coefficient (Wildman–Crippen LogP) is 5.60. The fraction of sp³-hybridized carbons (Fsp3) is 0.278. The number of benzene rings is 2. The van der Waals surface area contributed by atoms with Gasteiger partial charge in [0.2, 0.25) is 0 Å². The van der Waals surface area contributed by atoms with Gasteiger partial charge in [-0.1, -0.05) is 6.07 Å². The first-order chi connectivity index (χ1) is 11.8. The molecular formula is C18H18F2INO3. The molecule has 1 amide bonds. The van der Waals surface area contributed by atoms with E-state index >= 15 is 0 Å². The van der Waals surface area contributed by atoms with E-state index < -0.39 is 12.5 Å². The first-order valence-corrected chi connectivity index (χ1v) is 8.55. The number of alkyl halides is 2. The van der Waals surface area contributed by atoms with Crippen molar-refractivity contribution < 1.29 is 23.0 Å². The summed E-state index contributed by atoms with van der Waals surface area (Å²) in [7, 11) is 1.27. The van der Waals surface area contributed by atoms with Gasteiger partial charge in [-0.3, -0.25) is 5.32 Å². The molecule has 0 unspecified atom stereocenters. The molecule has 0 fully saturated rings. The summed E-state index contributed by atoms with van der Waals surface area (Å²) in [5, 5.41) is 2.60. The van der Waals surface area contributed by atoms with Crippen LogP contribution in [0.2, 0.25) is 0 Å². The third-order valence-corrected chi connectivity index (χ3v) is 4.78. The maximum absolute atomic E-state index is 13.3. The van der Waals surface area contributed by atoms with Gasteiger partial charge in [0.1, 0.15) is 12.4 Å². The number of rotatable bonds is 5. The molecule has 0 aromatic heterocycles. The lowest BCUT2D eigenvalue weighted by Gasteiger charge is -2.16. The number of halogens is 3. The van der Waals surface area contributed by atoms with Crippen LogP contribution in [0.25, 0.3) is 0 Å². The number of carbonyl (C=O) groups is 1. The third-order valence-electron chi connectivity index (χ3n) is 3.77. The Morgan fingerprint density at radius 1 is 1.24 bits per heavy atom. The maximum Gasteiger partial charge on any atom is 0.411 e. The van der Waals surface area contributed by atoms with Gasteiger partial charge in [-0.25, -0.2) is 13.6 Å². The molecule has 0 aliphatic carbocycles. The SMILES string of the molecule is COC(=O)Nc1cccc(I)c1COc1cc(C)c(C)cc1C(F)F. The van der Waals surface area contributed by atoms with Crippen molar-refractivity contribution in [1.29, 1.82) is 0 Å². The monoisotopic (exact) mass is 461 g/mol. The van der Waals surface area contributed by atoms with Gasteiger partial charge in [0.25, 0.3) is 6.43 Å². The van der Waals surface area contributed by atoms with Gasteiger partial charge in [0.15, 0.2) is 0 Å². The van der Waals surface area contributed by atoms with Crippen molar-refractivity contribution in [3.8, 4) is 5.75 Å². The lowest BCUT2D eigenvalue weighted by molar-refractivity contribution is 0.144. The van der Waals surface area contributed by atoms with E-state index in [1.54, 1.807) is 25.1 Å². The van der Waals surface area contributed by atoms with Crippen LogP contribution in [-0.4, -0.2) is 13.2 Å². The normalized spacial score (nSPS) is 10.7. The Balaban J connectivity index is 2.30. The zero-order valence-corrected chi connectivity index (χ0v) is 16.2. The second kappa shape index (κ2) is 8.46. The van der Waals surface area contributed by atoms with Crippen molar-refractivity contribution >= 4 is 34.4 Å². The lowest BCUT2D eigenvalue weighted by Crippen LogP contribution is -2.14. The largest absolute Gasteiger partial charge is 0.488 e. The zero-order valence-electron chi connectivity index (χ0n) is 14.0. The quantitative estimate of drug-likeness (QED) is 0.590. The van der Waals surface area contributed by atoms with Crippen molar-refractivity contribution in [3.05, 3.63) is 56.2 Å². The van der Waals surface area contributed by atoms with Crippen LogP contribution < -0.4 is 10.1 Å². The summed E-state index contributed by atoms with van der Waals surface area (Å²) in [6, 6.07) is 8.37. The van der Waals surface area contributed by atoms with E-state index in [0.29, 0.717) is 11.3 Å². The van der Waals surface area contributed by atoms with Crippen molar-refractivity contribution in [2.24, 2.45) is 0 Å². The van der Waals surface area contributed by atoms with E-state index in [-0.39, 0.29) is 17.9 Å². The van der Waals surface area contributed by atoms with Crippen LogP contribution in [0.4, 0.5) is 19.3 Å². The molecule has 0 spiro atoms. The molecular weight excluding hydrogens is 443 g/mol. The Hall–Kier alpha value is -1.90. The highest BCUT2D eigenvalue weighted by atomic mass is 127. The molecule has 0 saturated heterocycles. The van der Waals surface area contributed by atoms with Crippen molar-refractivity contribution in [3.63, 3.8) is 0 Å². The molecule has 2 aromatic rings. The summed E-state index contributed by atoms with van der Waals surface area (Å²) in [6.07, 6.45) is -3.24. The molecule has 2 aromatic carbocycles. The van der Waals surface area contributed by atoms with Gasteiger partial charge in [-0.2, -0.15) is 0 Å². The molecule has 134 valence electrons. The van der Waals surface area contributed by atoms with Gasteiger partial charge in [-0.15, -0.1) is 0 Å². The van der Waals surface area contributed by atoms with Gasteiger partial charge >= 0.3 is 6.09 Å². The molecule has 25 heavy (non-hydrogen) atoms. The van der Waals surface area contributed by atoms with Crippen LogP contribution in [0, 0.1) is 17.4 Å². The molecule has 0 radical (unpaired) electrons. The molecule has 0 aliphatic heterocycles. The smallest absolute Gasteiger partial charge is 0.411 e. The van der Waals surface area contributed by atoms with E-state index in [1.807, 2.05) is 13.0 Å². The van der Waals surface area contributed by atoms with Crippen LogP contribution in [0.3, 0.4) is 0 Å². The number of hydrogen-bond acceptors (Lipinski definition) is 3. The summed E-state index contributed by atoms with van der Waals surface area (Å²) in [5.41, 5.74) is 2.71. The van der Waals surface area contributed by atoms with Crippen molar-refractivity contribution in [1.82, 2.24) is 0 Å². The Bertz CT molecular complexity index is 781. The molecule has 7 heteroatoms. The van der Waals surface area contributed by atoms with Gasteiger partial charge < -0.3 is 9.47 Å². The first kappa shape index (κ1) is 19.4. The zero-order chi connectivity index (χ0) is 18.6. The first-order valence-electron chi connectivity index (χ1n) is 7.48. The fourth-order valence-corrected chi connectivity index (χ4v) is 2.89. The van der Waals surface area contributed by atoms with Crippen LogP contribution in [0.15, 0.2) is 30.3 Å². The Labute approximate surface area is 158 Å². The van der Waals surface area contributed by atoms with Gasteiger partial charge in [0.05, 0.1) is 18.4 Å². The number of aryl methyl sites for hydroxylation is 2. The number of carbonyl (C=O) groups excluding carboxylic acids is 1. The molecule has 0 bridgehead atoms. The van der Waals surface area contributed by atoms with Crippen LogP contribution in [0.1, 0.15) is 28.7 Å². The average Bonchev–Trinajstić information content (AvgIpc) is 2.56. The van der Waals surface area contributed by atoms with Crippen LogP contribution >= 0.6 is 22.6 Å². The third kappa shape index (κ3) is 4.81. The Kier molecular flexibility index (Phi) is 6.57. The number of anilines is 1. The lowest BCUT2D eigenvalue weighted by atomic mass is 10.1. The number of amides is 1. The van der Waals surface area contributed by atoms with Crippen molar-refractivity contribution in [2.75, 3.05) is 12.4 Å². The summed E-state index contributed by atoms with van der Waals surface area (Å²) < 4.78 is 37.7. The molecule has 4 nitrogen and oxygen atoms in total. The second-order valence-electron chi connectivity index (χ2n) is 5.45. The summed E-state index contributed by atoms with van der Waals surface area (Å²) in [4.78, 5) is 11.5. The predicted molar refractivity (Wildman–Crippen MR) is 100 cm³/mol. The molecule has 0 aliphatic rings. The topological polar surface area (TPSA) is 47.6 Å². The minimum absolute atomic E-state index is 0.0423. The molecule has 0 heterocycles. The second-order valence-corrected chi connectivity index (χ2v) is 6.61. The Morgan fingerprint density at radius 3 is 2.56 bits per heavy atom. The Morgan fingerprint density at radius 2 is 1.92 bits per heavy atom. The van der Waals surface area contributed by atoms with E-state index in [2.05, 4.69) is 32.6 Å². The standard InChI is InChI=1S/C18H18F2INO3/c1-10-7-12(17(19)20)16(8-11(10)2)25-9-13-14(21)5-4-6-15(13)22-18(23)24-3/h4-8,17H,9H2,1-3H3,(H,22,23). The van der Waals surface area contributed by atoms with E-state index in [0.717, 1.165) is 14.7 Å². The fourth-order valence-electron chi connectivity index (χ4n) is 2.24. The average molecular weight is 461 g/mol. The highest BCUT2D eigenvalue weighted by Crippen LogP contribution is 2.33. The number of ether oxygens (including phenoxy) is 2. The summed E-state index contributed by atoms with van der Waals surface area (Å²) in [5.74, 6) is 0.141. The van der Waals surface area contributed by atoms with Crippen LogP contribution in [0.5, 0.6) is 5.75 Å². The van der Waals surface area contributed by atoms with Crippen LogP contribution in [-0.2, 0) is 11.3 Å². The highest BCUT2D eigenvalue weighted by Gasteiger charge is 2.17. The number of methoxy groups -OCH3 is 1. The number of hydrogen-bond donors (Lipinski definition) is 1. The molecule has 0 saturated carbocycles. The minimum Gasteiger partial charge on any atom is -0.488 e. The van der Waals surface area contributed by atoms with Gasteiger partial charge in [0, 0.05) is 9.13 Å².